The van der Waals surface area contributed by atoms with E-state index in [9.17, 15) is 4.79 Å². The minimum Gasteiger partial charge on any atom is -0.349 e. The molecule has 2 heterocycles. The highest BCUT2D eigenvalue weighted by Gasteiger charge is 2.07. The summed E-state index contributed by atoms with van der Waals surface area (Å²) in [5, 5.41) is 16.1. The summed E-state index contributed by atoms with van der Waals surface area (Å²) in [7, 11) is 0. The molecule has 0 bridgehead atoms. The Morgan fingerprint density at radius 1 is 1.35 bits per heavy atom. The number of carbonyl (C=O) groups excluding carboxylic acids is 1. The summed E-state index contributed by atoms with van der Waals surface area (Å²) < 4.78 is 1.59. The zero-order valence-corrected chi connectivity index (χ0v) is 11.9. The second-order valence-electron chi connectivity index (χ2n) is 4.13. The van der Waals surface area contributed by atoms with Crippen LogP contribution < -0.4 is 5.32 Å². The highest BCUT2D eigenvalue weighted by Crippen LogP contribution is 2.12. The van der Waals surface area contributed by atoms with Crippen LogP contribution in [0.15, 0.2) is 30.6 Å². The fourth-order valence-electron chi connectivity index (χ4n) is 1.70. The summed E-state index contributed by atoms with van der Waals surface area (Å²) in [5.74, 6) is -0.0571. The molecule has 6 nitrogen and oxygen atoms in total. The number of nitrogens with zero attached hydrogens (tertiary/aromatic N) is 4. The Balaban J connectivity index is 1.56. The Morgan fingerprint density at radius 2 is 2.15 bits per heavy atom. The zero-order valence-electron chi connectivity index (χ0n) is 10.3. The fraction of sp³-hybridized carbons (Fsp3) is 0.167. The molecule has 0 unspecified atom stereocenters. The van der Waals surface area contributed by atoms with Gasteiger partial charge >= 0.3 is 0 Å². The number of amides is 1. The van der Waals surface area contributed by atoms with Gasteiger partial charge in [-0.1, -0.05) is 35.1 Å². The average Bonchev–Trinajstić information content (AvgIpc) is 3.00. The van der Waals surface area contributed by atoms with E-state index < -0.39 is 0 Å². The van der Waals surface area contributed by atoms with E-state index in [-0.39, 0.29) is 5.91 Å². The van der Waals surface area contributed by atoms with E-state index in [1.165, 1.54) is 17.7 Å². The summed E-state index contributed by atoms with van der Waals surface area (Å²) in [6, 6.07) is 7.22. The molecule has 0 aliphatic rings. The van der Waals surface area contributed by atoms with E-state index in [0.29, 0.717) is 22.9 Å². The maximum atomic E-state index is 11.8. The van der Waals surface area contributed by atoms with E-state index >= 15 is 0 Å². The molecule has 3 aromatic rings. The summed E-state index contributed by atoms with van der Waals surface area (Å²) in [4.78, 5) is 12.5. The van der Waals surface area contributed by atoms with Gasteiger partial charge in [-0.25, -0.2) is 0 Å². The molecule has 1 aromatic carbocycles. The standard InChI is InChI=1S/C12H10ClN5OS/c13-9-3-1-8(2-4-9)5-10(19)14-6-11-17-18-7-15-16-12(18)20-11/h1-4,7H,5-6H2,(H,14,19). The molecule has 0 radical (unpaired) electrons. The Labute approximate surface area is 123 Å². The van der Waals surface area contributed by atoms with Gasteiger partial charge in [0, 0.05) is 5.02 Å². The van der Waals surface area contributed by atoms with Crippen LogP contribution in [0, 0.1) is 0 Å². The van der Waals surface area contributed by atoms with E-state index in [1.54, 1.807) is 16.6 Å². The van der Waals surface area contributed by atoms with Crippen LogP contribution >= 0.6 is 22.9 Å². The minimum absolute atomic E-state index is 0.0571. The van der Waals surface area contributed by atoms with E-state index in [2.05, 4.69) is 20.6 Å². The topological polar surface area (TPSA) is 72.2 Å². The van der Waals surface area contributed by atoms with Gasteiger partial charge < -0.3 is 5.32 Å². The third-order valence-electron chi connectivity index (χ3n) is 2.64. The molecule has 0 saturated carbocycles. The van der Waals surface area contributed by atoms with E-state index in [1.807, 2.05) is 12.1 Å². The summed E-state index contributed by atoms with van der Waals surface area (Å²) >= 11 is 7.20. The third-order valence-corrected chi connectivity index (χ3v) is 3.81. The molecule has 1 N–H and O–H groups in total. The average molecular weight is 308 g/mol. The zero-order chi connectivity index (χ0) is 13.9. The van der Waals surface area contributed by atoms with Crippen molar-refractivity contribution in [3.63, 3.8) is 0 Å². The van der Waals surface area contributed by atoms with Crippen molar-refractivity contribution in [3.8, 4) is 0 Å². The molecule has 1 amide bonds. The van der Waals surface area contributed by atoms with Gasteiger partial charge in [0.15, 0.2) is 0 Å². The van der Waals surface area contributed by atoms with Crippen molar-refractivity contribution in [1.82, 2.24) is 25.1 Å². The van der Waals surface area contributed by atoms with Gasteiger partial charge in [0.2, 0.25) is 10.9 Å². The second kappa shape index (κ2) is 5.56. The van der Waals surface area contributed by atoms with Gasteiger partial charge in [0.25, 0.3) is 0 Å². The maximum absolute atomic E-state index is 11.8. The molecule has 0 aliphatic carbocycles. The lowest BCUT2D eigenvalue weighted by atomic mass is 10.1. The molecule has 3 rings (SSSR count). The lowest BCUT2D eigenvalue weighted by molar-refractivity contribution is -0.120. The van der Waals surface area contributed by atoms with Crippen LogP contribution in [-0.4, -0.2) is 25.7 Å². The maximum Gasteiger partial charge on any atom is 0.234 e. The van der Waals surface area contributed by atoms with Crippen molar-refractivity contribution in [3.05, 3.63) is 46.2 Å². The molecule has 0 fully saturated rings. The van der Waals surface area contributed by atoms with Crippen molar-refractivity contribution in [1.29, 1.82) is 0 Å². The first-order valence-electron chi connectivity index (χ1n) is 5.87. The van der Waals surface area contributed by atoms with Gasteiger partial charge in [-0.15, -0.1) is 10.2 Å². The van der Waals surface area contributed by atoms with Gasteiger partial charge in [0.1, 0.15) is 11.3 Å². The van der Waals surface area contributed by atoms with Crippen LogP contribution in [-0.2, 0) is 17.8 Å². The molecule has 0 saturated heterocycles. The third kappa shape index (κ3) is 2.94. The molecule has 102 valence electrons. The van der Waals surface area contributed by atoms with Crippen molar-refractivity contribution >= 4 is 33.8 Å². The lowest BCUT2D eigenvalue weighted by Gasteiger charge is -2.03. The monoisotopic (exact) mass is 307 g/mol. The van der Waals surface area contributed by atoms with E-state index in [4.69, 9.17) is 11.6 Å². The normalized spacial score (nSPS) is 10.8. The number of benzene rings is 1. The number of hydrogen-bond acceptors (Lipinski definition) is 5. The Bertz CT molecular complexity index is 707. The van der Waals surface area contributed by atoms with Crippen molar-refractivity contribution < 1.29 is 4.79 Å². The molecule has 0 aliphatic heterocycles. The van der Waals surface area contributed by atoms with E-state index in [0.717, 1.165) is 10.6 Å². The van der Waals surface area contributed by atoms with Crippen molar-refractivity contribution in [2.24, 2.45) is 0 Å². The largest absolute Gasteiger partial charge is 0.349 e. The Kier molecular flexibility index (Phi) is 3.62. The molecule has 20 heavy (non-hydrogen) atoms. The number of halogens is 1. The Morgan fingerprint density at radius 3 is 2.90 bits per heavy atom. The van der Waals surface area contributed by atoms with Gasteiger partial charge in [0.05, 0.1) is 13.0 Å². The van der Waals surface area contributed by atoms with Crippen LogP contribution in [0.4, 0.5) is 0 Å². The van der Waals surface area contributed by atoms with Gasteiger partial charge in [-0.3, -0.25) is 4.79 Å². The number of nitrogens with one attached hydrogen (secondary N) is 1. The molecule has 2 aromatic heterocycles. The van der Waals surface area contributed by atoms with Crippen LogP contribution in [0.1, 0.15) is 10.6 Å². The summed E-state index contributed by atoms with van der Waals surface area (Å²) in [6.07, 6.45) is 1.85. The number of hydrogen-bond donors (Lipinski definition) is 1. The first-order chi connectivity index (χ1) is 9.70. The minimum atomic E-state index is -0.0571. The van der Waals surface area contributed by atoms with Crippen LogP contribution in [0.2, 0.25) is 5.02 Å². The molecular formula is C12H10ClN5OS. The highest BCUT2D eigenvalue weighted by atomic mass is 35.5. The van der Waals surface area contributed by atoms with Crippen LogP contribution in [0.25, 0.3) is 4.96 Å². The smallest absolute Gasteiger partial charge is 0.234 e. The predicted molar refractivity (Wildman–Crippen MR) is 75.7 cm³/mol. The lowest BCUT2D eigenvalue weighted by Crippen LogP contribution is -2.24. The van der Waals surface area contributed by atoms with Crippen molar-refractivity contribution in [2.75, 3.05) is 0 Å². The van der Waals surface area contributed by atoms with Crippen molar-refractivity contribution in [2.45, 2.75) is 13.0 Å². The fourth-order valence-corrected chi connectivity index (χ4v) is 2.58. The SMILES string of the molecule is O=C(Cc1ccc(Cl)cc1)NCc1nn2cnnc2s1. The second-order valence-corrected chi connectivity index (χ2v) is 5.61. The molecule has 8 heteroatoms. The van der Waals surface area contributed by atoms with Crippen LogP contribution in [0.3, 0.4) is 0 Å². The number of aromatic nitrogens is 4. The van der Waals surface area contributed by atoms with Crippen LogP contribution in [0.5, 0.6) is 0 Å². The number of carbonyl (C=O) groups is 1. The number of rotatable bonds is 4. The quantitative estimate of drug-likeness (QED) is 0.796. The predicted octanol–water partition coefficient (Wildman–Crippen LogP) is 1.70. The molecular weight excluding hydrogens is 298 g/mol. The molecule has 0 atom stereocenters. The first-order valence-corrected chi connectivity index (χ1v) is 7.07. The molecule has 0 spiro atoms. The summed E-state index contributed by atoms with van der Waals surface area (Å²) in [5.41, 5.74) is 0.921. The number of fused-ring (bicyclic) bond motifs is 1. The Hall–Kier alpha value is -1.99. The van der Waals surface area contributed by atoms with Gasteiger partial charge in [-0.2, -0.15) is 9.61 Å². The van der Waals surface area contributed by atoms with Gasteiger partial charge in [-0.05, 0) is 17.7 Å². The first kappa shape index (κ1) is 13.0. The highest BCUT2D eigenvalue weighted by molar-refractivity contribution is 7.16. The summed E-state index contributed by atoms with van der Waals surface area (Å²) in [6.45, 7) is 0.389.